The summed E-state index contributed by atoms with van der Waals surface area (Å²) in [5.41, 5.74) is 8.15. The van der Waals surface area contributed by atoms with Crippen LogP contribution in [0.5, 0.6) is 0 Å². The molecule has 0 bridgehead atoms. The van der Waals surface area contributed by atoms with Gasteiger partial charge in [-0.3, -0.25) is 0 Å². The van der Waals surface area contributed by atoms with E-state index in [1.54, 1.807) is 0 Å². The van der Waals surface area contributed by atoms with Crippen molar-refractivity contribution in [1.29, 1.82) is 0 Å². The number of benzene rings is 2. The van der Waals surface area contributed by atoms with Crippen molar-refractivity contribution in [3.8, 4) is 0 Å². The molecule has 2 aromatic rings. The van der Waals surface area contributed by atoms with Crippen molar-refractivity contribution in [2.24, 2.45) is 5.73 Å². The molecule has 0 amide bonds. The van der Waals surface area contributed by atoms with Gasteiger partial charge in [0.05, 0.1) is 6.04 Å². The second kappa shape index (κ2) is 4.88. The maximum Gasteiger partial charge on any atom is 0.0552 e. The zero-order chi connectivity index (χ0) is 11.5. The Morgan fingerprint density at radius 1 is 0.812 bits per heavy atom. The van der Waals surface area contributed by atoms with Gasteiger partial charge in [-0.2, -0.15) is 0 Å². The highest BCUT2D eigenvalue weighted by Crippen LogP contribution is 2.23. The van der Waals surface area contributed by atoms with Gasteiger partial charge in [0.2, 0.25) is 0 Å². The molecular formula is C13H11Cl2N. The summed E-state index contributed by atoms with van der Waals surface area (Å²) in [5, 5.41) is 1.41. The molecule has 0 spiro atoms. The van der Waals surface area contributed by atoms with E-state index in [0.29, 0.717) is 10.0 Å². The van der Waals surface area contributed by atoms with Gasteiger partial charge >= 0.3 is 0 Å². The van der Waals surface area contributed by atoms with Crippen LogP contribution in [0.25, 0.3) is 0 Å². The van der Waals surface area contributed by atoms with Crippen LogP contribution in [0.2, 0.25) is 10.0 Å². The molecule has 2 rings (SSSR count). The summed E-state index contributed by atoms with van der Waals surface area (Å²) in [5.74, 6) is 0. The molecule has 2 N–H and O–H groups in total. The smallest absolute Gasteiger partial charge is 0.0552 e. The number of rotatable bonds is 2. The predicted octanol–water partition coefficient (Wildman–Crippen LogP) is 4.04. The summed E-state index contributed by atoms with van der Waals surface area (Å²) in [7, 11) is 0. The zero-order valence-electron chi connectivity index (χ0n) is 8.53. The molecule has 0 saturated heterocycles. The van der Waals surface area contributed by atoms with Crippen LogP contribution in [0.15, 0.2) is 48.5 Å². The summed E-state index contributed by atoms with van der Waals surface area (Å²) in [4.78, 5) is 0. The molecule has 82 valence electrons. The number of hydrogen-bond donors (Lipinski definition) is 1. The van der Waals surface area contributed by atoms with Gasteiger partial charge in [0.25, 0.3) is 0 Å². The van der Waals surface area contributed by atoms with Crippen molar-refractivity contribution in [2.45, 2.75) is 6.04 Å². The third-order valence-corrected chi connectivity index (χ3v) is 2.92. The standard InChI is InChI=1S/C13H11Cl2N/c14-11-6-4-9(5-7-11)13(16)10-2-1-3-12(15)8-10/h1-8,13H,16H2. The van der Waals surface area contributed by atoms with Gasteiger partial charge in [0.1, 0.15) is 0 Å². The van der Waals surface area contributed by atoms with Crippen LogP contribution in [0, 0.1) is 0 Å². The fraction of sp³-hybridized carbons (Fsp3) is 0.0769. The molecule has 2 aromatic carbocycles. The molecule has 0 heterocycles. The molecule has 16 heavy (non-hydrogen) atoms. The van der Waals surface area contributed by atoms with E-state index in [9.17, 15) is 0 Å². The monoisotopic (exact) mass is 251 g/mol. The molecule has 0 aliphatic carbocycles. The van der Waals surface area contributed by atoms with Gasteiger partial charge < -0.3 is 5.73 Å². The van der Waals surface area contributed by atoms with Crippen molar-refractivity contribution < 1.29 is 0 Å². The Labute approximate surface area is 105 Å². The van der Waals surface area contributed by atoms with Crippen molar-refractivity contribution >= 4 is 23.2 Å². The minimum atomic E-state index is -0.170. The molecule has 1 nitrogen and oxygen atoms in total. The SMILES string of the molecule is NC(c1ccc(Cl)cc1)c1cccc(Cl)c1. The van der Waals surface area contributed by atoms with Gasteiger partial charge in [-0.1, -0.05) is 47.5 Å². The van der Waals surface area contributed by atoms with Crippen molar-refractivity contribution in [2.75, 3.05) is 0 Å². The Balaban J connectivity index is 2.31. The third-order valence-electron chi connectivity index (χ3n) is 2.44. The average Bonchev–Trinajstić information content (AvgIpc) is 2.29. The summed E-state index contributed by atoms with van der Waals surface area (Å²) in [6.45, 7) is 0. The van der Waals surface area contributed by atoms with Crippen LogP contribution in [0.3, 0.4) is 0 Å². The maximum atomic E-state index is 6.13. The normalized spacial score (nSPS) is 12.4. The average molecular weight is 252 g/mol. The second-order valence-corrected chi connectivity index (χ2v) is 4.46. The second-order valence-electron chi connectivity index (χ2n) is 3.58. The lowest BCUT2D eigenvalue weighted by Crippen LogP contribution is -2.11. The Morgan fingerprint density at radius 3 is 2.12 bits per heavy atom. The van der Waals surface area contributed by atoms with Crippen LogP contribution in [0.1, 0.15) is 17.2 Å². The van der Waals surface area contributed by atoms with Crippen molar-refractivity contribution in [3.05, 3.63) is 69.7 Å². The summed E-state index contributed by atoms with van der Waals surface area (Å²) >= 11 is 11.8. The molecule has 3 heteroatoms. The van der Waals surface area contributed by atoms with E-state index in [4.69, 9.17) is 28.9 Å². The molecule has 0 aliphatic heterocycles. The molecule has 1 unspecified atom stereocenters. The third kappa shape index (κ3) is 2.56. The minimum absolute atomic E-state index is 0.170. The Hall–Kier alpha value is -1.02. The quantitative estimate of drug-likeness (QED) is 0.857. The molecule has 0 aromatic heterocycles. The molecule has 0 fully saturated rings. The first-order valence-corrected chi connectivity index (χ1v) is 5.69. The Bertz CT molecular complexity index is 480. The van der Waals surface area contributed by atoms with Crippen LogP contribution < -0.4 is 5.73 Å². The van der Waals surface area contributed by atoms with Crippen LogP contribution >= 0.6 is 23.2 Å². The highest BCUT2D eigenvalue weighted by atomic mass is 35.5. The minimum Gasteiger partial charge on any atom is -0.320 e. The zero-order valence-corrected chi connectivity index (χ0v) is 10.0. The summed E-state index contributed by atoms with van der Waals surface area (Å²) in [6.07, 6.45) is 0. The summed E-state index contributed by atoms with van der Waals surface area (Å²) < 4.78 is 0. The fourth-order valence-electron chi connectivity index (χ4n) is 1.56. The first-order chi connectivity index (χ1) is 7.66. The summed E-state index contributed by atoms with van der Waals surface area (Å²) in [6, 6.07) is 14.9. The van der Waals surface area contributed by atoms with Gasteiger partial charge in [-0.05, 0) is 35.4 Å². The lowest BCUT2D eigenvalue weighted by atomic mass is 10.00. The first-order valence-electron chi connectivity index (χ1n) is 4.93. The fourth-order valence-corrected chi connectivity index (χ4v) is 1.89. The lowest BCUT2D eigenvalue weighted by molar-refractivity contribution is 0.872. The maximum absolute atomic E-state index is 6.13. The molecular weight excluding hydrogens is 241 g/mol. The van der Waals surface area contributed by atoms with Crippen molar-refractivity contribution in [1.82, 2.24) is 0 Å². The van der Waals surface area contributed by atoms with Crippen LogP contribution in [-0.2, 0) is 0 Å². The van der Waals surface area contributed by atoms with Crippen LogP contribution in [0.4, 0.5) is 0 Å². The van der Waals surface area contributed by atoms with Gasteiger partial charge in [-0.25, -0.2) is 0 Å². The van der Waals surface area contributed by atoms with Gasteiger partial charge in [-0.15, -0.1) is 0 Å². The van der Waals surface area contributed by atoms with Crippen molar-refractivity contribution in [3.63, 3.8) is 0 Å². The molecule has 1 atom stereocenters. The number of nitrogens with two attached hydrogens (primary N) is 1. The van der Waals surface area contributed by atoms with Gasteiger partial charge in [0.15, 0.2) is 0 Å². The largest absolute Gasteiger partial charge is 0.320 e. The van der Waals surface area contributed by atoms with E-state index in [-0.39, 0.29) is 6.04 Å². The Kier molecular flexibility index (Phi) is 3.49. The highest BCUT2D eigenvalue weighted by molar-refractivity contribution is 6.30. The van der Waals surface area contributed by atoms with Gasteiger partial charge in [0, 0.05) is 10.0 Å². The van der Waals surface area contributed by atoms with E-state index in [0.717, 1.165) is 11.1 Å². The van der Waals surface area contributed by atoms with E-state index in [1.807, 2.05) is 48.5 Å². The highest BCUT2D eigenvalue weighted by Gasteiger charge is 2.08. The number of hydrogen-bond acceptors (Lipinski definition) is 1. The first kappa shape index (κ1) is 11.5. The van der Waals surface area contributed by atoms with Crippen LogP contribution in [-0.4, -0.2) is 0 Å². The number of halogens is 2. The lowest BCUT2D eigenvalue weighted by Gasteiger charge is -2.12. The van der Waals surface area contributed by atoms with E-state index < -0.39 is 0 Å². The Morgan fingerprint density at radius 2 is 1.50 bits per heavy atom. The molecule has 0 radical (unpaired) electrons. The van der Waals surface area contributed by atoms with E-state index >= 15 is 0 Å². The van der Waals surface area contributed by atoms with E-state index in [2.05, 4.69) is 0 Å². The predicted molar refractivity (Wildman–Crippen MR) is 68.9 cm³/mol. The molecule has 0 saturated carbocycles. The topological polar surface area (TPSA) is 26.0 Å². The van der Waals surface area contributed by atoms with E-state index in [1.165, 1.54) is 0 Å². The molecule has 0 aliphatic rings.